The fourth-order valence-corrected chi connectivity index (χ4v) is 4.96. The molecule has 1 aromatic rings. The van der Waals surface area contributed by atoms with E-state index in [4.69, 9.17) is 9.47 Å². The molecule has 0 fully saturated rings. The van der Waals surface area contributed by atoms with E-state index in [1.54, 1.807) is 65.8 Å². The van der Waals surface area contributed by atoms with Crippen molar-refractivity contribution in [2.75, 3.05) is 25.1 Å². The van der Waals surface area contributed by atoms with Gasteiger partial charge in [-0.05, 0) is 96.9 Å². The van der Waals surface area contributed by atoms with Crippen molar-refractivity contribution in [3.8, 4) is 0 Å². The molecule has 270 valence electrons. The van der Waals surface area contributed by atoms with Crippen LogP contribution in [0.15, 0.2) is 36.4 Å². The third-order valence-electron chi connectivity index (χ3n) is 6.73. The third-order valence-corrected chi connectivity index (χ3v) is 7.38. The number of hydrogen-bond donors (Lipinski definition) is 4. The number of imide groups is 1. The molecule has 0 spiro atoms. The van der Waals surface area contributed by atoms with Crippen LogP contribution < -0.4 is 21.3 Å². The van der Waals surface area contributed by atoms with Gasteiger partial charge >= 0.3 is 12.1 Å². The molecule has 1 heterocycles. The zero-order chi connectivity index (χ0) is 36.8. The Kier molecular flexibility index (Phi) is 15.8. The van der Waals surface area contributed by atoms with E-state index in [2.05, 4.69) is 21.3 Å². The van der Waals surface area contributed by atoms with Gasteiger partial charge < -0.3 is 30.7 Å². The van der Waals surface area contributed by atoms with E-state index in [0.29, 0.717) is 30.6 Å². The molecular weight excluding hydrogens is 654 g/mol. The van der Waals surface area contributed by atoms with Gasteiger partial charge in [0.15, 0.2) is 0 Å². The van der Waals surface area contributed by atoms with E-state index >= 15 is 0 Å². The molecule has 49 heavy (non-hydrogen) atoms. The molecule has 0 saturated heterocycles. The van der Waals surface area contributed by atoms with Gasteiger partial charge in [-0.15, -0.1) is 0 Å². The number of carbonyl (C=O) groups excluding carboxylic acids is 7. The van der Waals surface area contributed by atoms with Crippen LogP contribution in [0.4, 0.5) is 4.79 Å². The fourth-order valence-electron chi connectivity index (χ4n) is 4.48. The maximum absolute atomic E-state index is 13.1. The Morgan fingerprint density at radius 3 is 2.10 bits per heavy atom. The molecule has 6 amide bonds. The largest absolute Gasteiger partial charge is 0.458 e. The molecule has 0 aromatic heterocycles. The summed E-state index contributed by atoms with van der Waals surface area (Å²) in [7, 11) is 0. The number of thioether (sulfide) groups is 1. The molecule has 0 saturated carbocycles. The molecule has 0 aliphatic carbocycles. The Bertz CT molecular complexity index is 1380. The van der Waals surface area contributed by atoms with Gasteiger partial charge in [0.1, 0.15) is 23.3 Å². The molecule has 4 N–H and O–H groups in total. The van der Waals surface area contributed by atoms with Crippen LogP contribution in [-0.4, -0.2) is 94.9 Å². The summed E-state index contributed by atoms with van der Waals surface area (Å²) < 4.78 is 10.7. The molecule has 0 bridgehead atoms. The standard InChI is InChI=1S/C34H49N5O9S/c1-33(2,3)47-31(45)25(13-8-9-17-39-27(41)14-15-28(39)42)37-26(40)21-35-30(44)24(16-18-49-7)38-29(43)23-12-10-11-22(19-23)20-36-32(46)48-34(4,5)6/h10-12,14-15,19,24-25H,8-9,13,16-18,20-21H2,1-7H3,(H,35,44)(H,36,46)(H,37,40)(H,38,43). The Labute approximate surface area is 291 Å². The molecule has 1 aliphatic heterocycles. The first-order chi connectivity index (χ1) is 22.9. The number of esters is 1. The first-order valence-corrected chi connectivity index (χ1v) is 17.5. The van der Waals surface area contributed by atoms with Gasteiger partial charge in [0.25, 0.3) is 17.7 Å². The Morgan fingerprint density at radius 2 is 1.49 bits per heavy atom. The van der Waals surface area contributed by atoms with Crippen molar-refractivity contribution in [2.45, 2.75) is 97.1 Å². The van der Waals surface area contributed by atoms with Crippen molar-refractivity contribution in [3.05, 3.63) is 47.5 Å². The molecule has 2 rings (SSSR count). The van der Waals surface area contributed by atoms with Gasteiger partial charge in [-0.1, -0.05) is 12.1 Å². The Hall–Kier alpha value is -4.40. The molecule has 1 aliphatic rings. The van der Waals surface area contributed by atoms with E-state index in [0.717, 1.165) is 4.90 Å². The van der Waals surface area contributed by atoms with Gasteiger partial charge in [0, 0.05) is 30.8 Å². The highest BCUT2D eigenvalue weighted by atomic mass is 32.2. The second-order valence-corrected chi connectivity index (χ2v) is 14.4. The minimum atomic E-state index is -1.03. The van der Waals surface area contributed by atoms with Crippen molar-refractivity contribution < 1.29 is 43.0 Å². The SMILES string of the molecule is CSCCC(NC(=O)c1cccc(CNC(=O)OC(C)(C)C)c1)C(=O)NCC(=O)NC(CCCCN1C(=O)C=CC1=O)C(=O)OC(C)(C)C. The zero-order valence-corrected chi connectivity index (χ0v) is 30.1. The lowest BCUT2D eigenvalue weighted by Crippen LogP contribution is -2.51. The van der Waals surface area contributed by atoms with Crippen molar-refractivity contribution in [1.82, 2.24) is 26.2 Å². The first-order valence-electron chi connectivity index (χ1n) is 16.1. The number of nitrogens with one attached hydrogen (secondary N) is 4. The third kappa shape index (κ3) is 15.6. The lowest BCUT2D eigenvalue weighted by atomic mass is 10.1. The summed E-state index contributed by atoms with van der Waals surface area (Å²) in [6, 6.07) is 4.59. The Morgan fingerprint density at radius 1 is 0.837 bits per heavy atom. The van der Waals surface area contributed by atoms with Crippen LogP contribution in [0, 0.1) is 0 Å². The van der Waals surface area contributed by atoms with Gasteiger partial charge in [-0.25, -0.2) is 9.59 Å². The number of hydrogen-bond acceptors (Lipinski definition) is 10. The number of nitrogens with zero attached hydrogens (tertiary/aromatic N) is 1. The molecule has 1 aromatic carbocycles. The fraction of sp³-hybridized carbons (Fsp3) is 0.559. The van der Waals surface area contributed by atoms with Gasteiger partial charge in [0.2, 0.25) is 11.8 Å². The average molecular weight is 704 g/mol. The normalized spacial score (nSPS) is 14.1. The monoisotopic (exact) mass is 703 g/mol. The highest BCUT2D eigenvalue weighted by Gasteiger charge is 2.28. The minimum Gasteiger partial charge on any atom is -0.458 e. The van der Waals surface area contributed by atoms with Crippen molar-refractivity contribution in [2.24, 2.45) is 0 Å². The number of alkyl carbamates (subject to hydrolysis) is 1. The number of ether oxygens (including phenoxy) is 2. The van der Waals surface area contributed by atoms with Crippen LogP contribution in [0.25, 0.3) is 0 Å². The van der Waals surface area contributed by atoms with Crippen LogP contribution in [0.3, 0.4) is 0 Å². The van der Waals surface area contributed by atoms with Crippen LogP contribution in [0.1, 0.15) is 83.1 Å². The molecular formula is C34H49N5O9S. The first kappa shape index (κ1) is 40.8. The van der Waals surface area contributed by atoms with Crippen LogP contribution in [-0.2, 0) is 40.0 Å². The maximum Gasteiger partial charge on any atom is 0.407 e. The Balaban J connectivity index is 1.98. The van der Waals surface area contributed by atoms with Gasteiger partial charge in [-0.3, -0.25) is 28.9 Å². The van der Waals surface area contributed by atoms with E-state index in [9.17, 15) is 33.6 Å². The number of rotatable bonds is 17. The maximum atomic E-state index is 13.1. The molecule has 15 heteroatoms. The van der Waals surface area contributed by atoms with Crippen LogP contribution >= 0.6 is 11.8 Å². The highest BCUT2D eigenvalue weighted by Crippen LogP contribution is 2.14. The summed E-state index contributed by atoms with van der Waals surface area (Å²) in [5.74, 6) is -2.63. The smallest absolute Gasteiger partial charge is 0.407 e. The quantitative estimate of drug-likeness (QED) is 0.107. The van der Waals surface area contributed by atoms with E-state index in [1.165, 1.54) is 23.9 Å². The summed E-state index contributed by atoms with van der Waals surface area (Å²) in [6.07, 6.45) is 4.94. The van der Waals surface area contributed by atoms with E-state index in [1.807, 2.05) is 6.26 Å². The number of benzene rings is 1. The molecule has 0 radical (unpaired) electrons. The van der Waals surface area contributed by atoms with Crippen LogP contribution in [0.2, 0.25) is 0 Å². The second kappa shape index (κ2) is 19.0. The van der Waals surface area contributed by atoms with Crippen LogP contribution in [0.5, 0.6) is 0 Å². The van der Waals surface area contributed by atoms with Gasteiger partial charge in [0.05, 0.1) is 6.54 Å². The number of amides is 6. The molecule has 2 unspecified atom stereocenters. The molecule has 2 atom stereocenters. The summed E-state index contributed by atoms with van der Waals surface area (Å²) >= 11 is 1.49. The predicted molar refractivity (Wildman–Crippen MR) is 184 cm³/mol. The number of unbranched alkanes of at least 4 members (excludes halogenated alkanes) is 1. The van der Waals surface area contributed by atoms with Crippen molar-refractivity contribution >= 4 is 53.4 Å². The minimum absolute atomic E-state index is 0.126. The zero-order valence-electron chi connectivity index (χ0n) is 29.3. The average Bonchev–Trinajstić information content (AvgIpc) is 3.32. The summed E-state index contributed by atoms with van der Waals surface area (Å²) in [5, 5.41) is 10.5. The summed E-state index contributed by atoms with van der Waals surface area (Å²) in [5.41, 5.74) is -0.546. The topological polar surface area (TPSA) is 189 Å². The van der Waals surface area contributed by atoms with E-state index in [-0.39, 0.29) is 25.1 Å². The number of carbonyl (C=O) groups is 7. The van der Waals surface area contributed by atoms with Crippen molar-refractivity contribution in [1.29, 1.82) is 0 Å². The van der Waals surface area contributed by atoms with E-state index < -0.39 is 71.4 Å². The highest BCUT2D eigenvalue weighted by molar-refractivity contribution is 7.98. The summed E-state index contributed by atoms with van der Waals surface area (Å²) in [6.45, 7) is 10.2. The van der Waals surface area contributed by atoms with Crippen molar-refractivity contribution in [3.63, 3.8) is 0 Å². The molecule has 14 nitrogen and oxygen atoms in total. The summed E-state index contributed by atoms with van der Waals surface area (Å²) in [4.78, 5) is 88.8. The lowest BCUT2D eigenvalue weighted by molar-refractivity contribution is -0.159. The van der Waals surface area contributed by atoms with Gasteiger partial charge in [-0.2, -0.15) is 11.8 Å². The second-order valence-electron chi connectivity index (χ2n) is 13.4. The lowest BCUT2D eigenvalue weighted by Gasteiger charge is -2.25. The predicted octanol–water partition coefficient (Wildman–Crippen LogP) is 2.60.